The maximum Gasteiger partial charge on any atom is 0.223 e. The summed E-state index contributed by atoms with van der Waals surface area (Å²) in [6, 6.07) is 0. The Labute approximate surface area is 117 Å². The van der Waals surface area contributed by atoms with Crippen molar-refractivity contribution in [2.75, 3.05) is 12.3 Å². The van der Waals surface area contributed by atoms with Crippen LogP contribution in [0, 0.1) is 17.8 Å². The lowest BCUT2D eigenvalue weighted by Crippen LogP contribution is -2.27. The van der Waals surface area contributed by atoms with E-state index >= 15 is 0 Å². The van der Waals surface area contributed by atoms with Gasteiger partial charge in [0.2, 0.25) is 5.91 Å². The number of anilines is 1. The molecule has 0 radical (unpaired) electrons. The van der Waals surface area contributed by atoms with Crippen LogP contribution in [-0.2, 0) is 11.8 Å². The van der Waals surface area contributed by atoms with E-state index in [1.807, 2.05) is 31.7 Å². The van der Waals surface area contributed by atoms with Crippen molar-refractivity contribution < 1.29 is 4.79 Å². The predicted octanol–water partition coefficient (Wildman–Crippen LogP) is 0.674. The zero-order valence-corrected chi connectivity index (χ0v) is 11.8. The van der Waals surface area contributed by atoms with Crippen molar-refractivity contribution in [3.05, 3.63) is 18.1 Å². The van der Waals surface area contributed by atoms with Gasteiger partial charge in [-0.3, -0.25) is 4.79 Å². The molecule has 0 fully saturated rings. The average Bonchev–Trinajstić information content (AvgIpc) is 2.73. The van der Waals surface area contributed by atoms with Crippen molar-refractivity contribution in [2.45, 2.75) is 13.8 Å². The van der Waals surface area contributed by atoms with E-state index in [0.29, 0.717) is 12.4 Å². The van der Waals surface area contributed by atoms with Crippen LogP contribution in [0.3, 0.4) is 0 Å². The molecule has 2 rings (SSSR count). The van der Waals surface area contributed by atoms with Crippen LogP contribution in [0.2, 0.25) is 0 Å². The number of amides is 1. The number of aryl methyl sites for hydroxylation is 1. The number of nitrogen functional groups attached to an aromatic ring is 1. The summed E-state index contributed by atoms with van der Waals surface area (Å²) in [7, 11) is 1.88. The van der Waals surface area contributed by atoms with Gasteiger partial charge < -0.3 is 15.6 Å². The first-order valence-corrected chi connectivity index (χ1v) is 6.32. The first kappa shape index (κ1) is 13.9. The molecule has 0 aliphatic rings. The molecule has 0 aromatic carbocycles. The Morgan fingerprint density at radius 1 is 1.50 bits per heavy atom. The molecule has 1 amide bonds. The van der Waals surface area contributed by atoms with Crippen LogP contribution in [0.1, 0.15) is 19.4 Å². The Kier molecular flexibility index (Phi) is 3.89. The summed E-state index contributed by atoms with van der Waals surface area (Å²) in [6.07, 6.45) is 3.28. The van der Waals surface area contributed by atoms with E-state index in [0.717, 1.165) is 16.6 Å². The second kappa shape index (κ2) is 5.61. The Balaban J connectivity index is 2.21. The number of carbonyl (C=O) groups is 1. The first-order valence-electron chi connectivity index (χ1n) is 6.32. The van der Waals surface area contributed by atoms with Gasteiger partial charge in [0.25, 0.3) is 0 Å². The molecule has 0 aliphatic heterocycles. The quantitative estimate of drug-likeness (QED) is 0.786. The summed E-state index contributed by atoms with van der Waals surface area (Å²) >= 11 is 0. The highest BCUT2D eigenvalue weighted by atomic mass is 16.1. The second-order valence-corrected chi connectivity index (χ2v) is 4.79. The third-order valence-corrected chi connectivity index (χ3v) is 2.88. The Hall–Kier alpha value is -2.55. The van der Waals surface area contributed by atoms with E-state index in [1.54, 1.807) is 0 Å². The summed E-state index contributed by atoms with van der Waals surface area (Å²) in [4.78, 5) is 19.6. The van der Waals surface area contributed by atoms with Crippen LogP contribution < -0.4 is 11.1 Å². The number of nitrogens with zero attached hydrogens (tertiary/aromatic N) is 3. The van der Waals surface area contributed by atoms with Gasteiger partial charge in [0, 0.05) is 19.2 Å². The van der Waals surface area contributed by atoms with Gasteiger partial charge in [-0.2, -0.15) is 0 Å². The number of nitrogens with two attached hydrogens (primary N) is 1. The molecular weight excluding hydrogens is 254 g/mol. The molecule has 6 heteroatoms. The molecule has 0 unspecified atom stereocenters. The number of hydrogen-bond donors (Lipinski definition) is 2. The van der Waals surface area contributed by atoms with Gasteiger partial charge in [-0.05, 0) is 0 Å². The van der Waals surface area contributed by atoms with Crippen molar-refractivity contribution in [1.82, 2.24) is 19.9 Å². The number of fused-ring (bicyclic) bond motifs is 1. The lowest BCUT2D eigenvalue weighted by molar-refractivity contribution is -0.123. The van der Waals surface area contributed by atoms with E-state index in [9.17, 15) is 4.79 Å². The molecule has 2 aromatic rings. The van der Waals surface area contributed by atoms with Crippen molar-refractivity contribution in [3.63, 3.8) is 0 Å². The summed E-state index contributed by atoms with van der Waals surface area (Å²) in [6.45, 7) is 3.98. The maximum absolute atomic E-state index is 11.4. The van der Waals surface area contributed by atoms with Gasteiger partial charge in [-0.1, -0.05) is 25.7 Å². The highest BCUT2D eigenvalue weighted by molar-refractivity contribution is 5.92. The molecule has 2 aromatic heterocycles. The molecule has 0 bridgehead atoms. The molecule has 2 heterocycles. The maximum atomic E-state index is 11.4. The van der Waals surface area contributed by atoms with E-state index in [1.165, 1.54) is 6.33 Å². The molecule has 0 aliphatic carbocycles. The van der Waals surface area contributed by atoms with Crippen LogP contribution in [0.4, 0.5) is 5.82 Å². The van der Waals surface area contributed by atoms with Gasteiger partial charge in [0.15, 0.2) is 0 Å². The summed E-state index contributed by atoms with van der Waals surface area (Å²) < 4.78 is 1.85. The lowest BCUT2D eigenvalue weighted by Gasteiger charge is -2.02. The average molecular weight is 271 g/mol. The zero-order valence-electron chi connectivity index (χ0n) is 11.8. The molecule has 0 spiro atoms. The van der Waals surface area contributed by atoms with Crippen LogP contribution in [0.15, 0.2) is 12.5 Å². The zero-order chi connectivity index (χ0) is 14.7. The molecular formula is C14H17N5O. The summed E-state index contributed by atoms with van der Waals surface area (Å²) in [5.41, 5.74) is 7.37. The third-order valence-electron chi connectivity index (χ3n) is 2.88. The van der Waals surface area contributed by atoms with Crippen LogP contribution in [0.5, 0.6) is 0 Å². The monoisotopic (exact) mass is 271 g/mol. The minimum atomic E-state index is -0.0431. The van der Waals surface area contributed by atoms with E-state index < -0.39 is 0 Å². The largest absolute Gasteiger partial charge is 0.383 e. The molecule has 0 saturated carbocycles. The van der Waals surface area contributed by atoms with E-state index in [4.69, 9.17) is 5.73 Å². The van der Waals surface area contributed by atoms with Gasteiger partial charge in [-0.25, -0.2) is 9.97 Å². The van der Waals surface area contributed by atoms with Crippen molar-refractivity contribution >= 4 is 22.8 Å². The molecule has 3 N–H and O–H groups in total. The smallest absolute Gasteiger partial charge is 0.223 e. The number of carbonyl (C=O) groups excluding carboxylic acids is 1. The van der Waals surface area contributed by atoms with Crippen molar-refractivity contribution in [1.29, 1.82) is 0 Å². The SMILES string of the molecule is CC(C)C(=O)NCC#Cc1cn(C)c2ncnc(N)c12. The van der Waals surface area contributed by atoms with Crippen LogP contribution in [-0.4, -0.2) is 27.0 Å². The lowest BCUT2D eigenvalue weighted by atomic mass is 10.2. The fourth-order valence-corrected chi connectivity index (χ4v) is 1.80. The summed E-state index contributed by atoms with van der Waals surface area (Å²) in [5, 5.41) is 3.49. The van der Waals surface area contributed by atoms with Crippen LogP contribution in [0.25, 0.3) is 11.0 Å². The highest BCUT2D eigenvalue weighted by Gasteiger charge is 2.09. The first-order chi connectivity index (χ1) is 9.50. The standard InChI is InChI=1S/C14H17N5O/c1-9(2)14(20)16-6-4-5-10-7-19(3)13-11(10)12(15)17-8-18-13/h7-9H,6H2,1-3H3,(H,16,20)(H2,15,17,18). The Morgan fingerprint density at radius 2 is 2.25 bits per heavy atom. The topological polar surface area (TPSA) is 85.8 Å². The van der Waals surface area contributed by atoms with Gasteiger partial charge >= 0.3 is 0 Å². The normalized spacial score (nSPS) is 10.4. The fraction of sp³-hybridized carbons (Fsp3) is 0.357. The second-order valence-electron chi connectivity index (χ2n) is 4.79. The van der Waals surface area contributed by atoms with E-state index in [2.05, 4.69) is 27.1 Å². The summed E-state index contributed by atoms with van der Waals surface area (Å²) in [5.74, 6) is 6.26. The fourth-order valence-electron chi connectivity index (χ4n) is 1.80. The number of rotatable bonds is 2. The molecule has 0 saturated heterocycles. The highest BCUT2D eigenvalue weighted by Crippen LogP contribution is 2.21. The third kappa shape index (κ3) is 2.72. The predicted molar refractivity (Wildman–Crippen MR) is 77.6 cm³/mol. The number of aromatic nitrogens is 3. The van der Waals surface area contributed by atoms with Gasteiger partial charge in [-0.15, -0.1) is 0 Å². The minimum absolute atomic E-state index is 0.0138. The Morgan fingerprint density at radius 3 is 2.95 bits per heavy atom. The molecule has 0 atom stereocenters. The molecule has 104 valence electrons. The Bertz CT molecular complexity index is 705. The van der Waals surface area contributed by atoms with Crippen molar-refractivity contribution in [2.24, 2.45) is 13.0 Å². The van der Waals surface area contributed by atoms with Gasteiger partial charge in [0.05, 0.1) is 17.5 Å². The number of hydrogen-bond acceptors (Lipinski definition) is 4. The molecule has 20 heavy (non-hydrogen) atoms. The van der Waals surface area contributed by atoms with E-state index in [-0.39, 0.29) is 11.8 Å². The molecule has 6 nitrogen and oxygen atoms in total. The minimum Gasteiger partial charge on any atom is -0.383 e. The van der Waals surface area contributed by atoms with Crippen molar-refractivity contribution in [3.8, 4) is 11.8 Å². The van der Waals surface area contributed by atoms with Gasteiger partial charge in [0.1, 0.15) is 17.8 Å². The van der Waals surface area contributed by atoms with Crippen LogP contribution >= 0.6 is 0 Å². The number of nitrogens with one attached hydrogen (secondary N) is 1.